The Balaban J connectivity index is 2.17. The van der Waals surface area contributed by atoms with E-state index in [1.807, 2.05) is 4.57 Å². The molecule has 6 nitrogen and oxygen atoms in total. The van der Waals surface area contributed by atoms with Crippen LogP contribution >= 0.6 is 0 Å². The van der Waals surface area contributed by atoms with Crippen molar-refractivity contribution in [1.82, 2.24) is 14.5 Å². The molecule has 94 valence electrons. The lowest BCUT2D eigenvalue weighted by atomic mass is 10.1. The van der Waals surface area contributed by atoms with E-state index in [9.17, 15) is 4.79 Å². The third kappa shape index (κ3) is 1.74. The average molecular weight is 246 g/mol. The number of carbonyl (C=O) groups is 1. The monoisotopic (exact) mass is 246 g/mol. The van der Waals surface area contributed by atoms with E-state index >= 15 is 0 Å². The Morgan fingerprint density at radius 1 is 1.56 bits per heavy atom. The summed E-state index contributed by atoms with van der Waals surface area (Å²) >= 11 is 0. The highest BCUT2D eigenvalue weighted by molar-refractivity contribution is 5.96. The second-order valence-electron chi connectivity index (χ2n) is 4.44. The second kappa shape index (κ2) is 4.38. The first kappa shape index (κ1) is 11.2. The summed E-state index contributed by atoms with van der Waals surface area (Å²) in [6.45, 7) is 1.37. The van der Waals surface area contributed by atoms with Crippen molar-refractivity contribution in [2.45, 2.75) is 18.9 Å². The summed E-state index contributed by atoms with van der Waals surface area (Å²) in [5.74, 6) is -0.446. The molecule has 0 aromatic carbocycles. The fourth-order valence-electron chi connectivity index (χ4n) is 2.45. The minimum Gasteiger partial charge on any atom is -0.379 e. The van der Waals surface area contributed by atoms with Gasteiger partial charge in [-0.1, -0.05) is 0 Å². The molecule has 3 rings (SSSR count). The smallest absolute Gasteiger partial charge is 0.265 e. The molecule has 1 aliphatic rings. The Bertz CT molecular complexity index is 587. The zero-order valence-electron chi connectivity index (χ0n) is 9.87. The average Bonchev–Trinajstić information content (AvgIpc) is 2.79. The molecule has 1 unspecified atom stereocenters. The number of nitrogens with zero attached hydrogens (tertiary/aromatic N) is 3. The van der Waals surface area contributed by atoms with Gasteiger partial charge in [-0.25, -0.2) is 9.97 Å². The van der Waals surface area contributed by atoms with E-state index in [0.717, 1.165) is 30.5 Å². The number of fused-ring (bicyclic) bond motifs is 1. The first-order valence-electron chi connectivity index (χ1n) is 5.96. The Labute approximate surface area is 104 Å². The summed E-state index contributed by atoms with van der Waals surface area (Å²) in [4.78, 5) is 19.8. The minimum absolute atomic E-state index is 0.119. The van der Waals surface area contributed by atoms with Gasteiger partial charge in [0.1, 0.15) is 17.7 Å². The highest BCUT2D eigenvalue weighted by Gasteiger charge is 2.23. The van der Waals surface area contributed by atoms with E-state index in [1.165, 1.54) is 6.33 Å². The number of nitrogens with two attached hydrogens (primary N) is 1. The van der Waals surface area contributed by atoms with Gasteiger partial charge in [-0.05, 0) is 18.9 Å². The number of amides is 1. The van der Waals surface area contributed by atoms with Crippen LogP contribution in [-0.4, -0.2) is 33.7 Å². The molecule has 2 aromatic rings. The fraction of sp³-hybridized carbons (Fsp3) is 0.417. The molecule has 6 heteroatoms. The number of primary amides is 1. The van der Waals surface area contributed by atoms with Gasteiger partial charge in [0.25, 0.3) is 5.91 Å². The van der Waals surface area contributed by atoms with Crippen LogP contribution in [0.1, 0.15) is 29.4 Å². The predicted molar refractivity (Wildman–Crippen MR) is 65.1 cm³/mol. The van der Waals surface area contributed by atoms with Crippen molar-refractivity contribution in [2.75, 3.05) is 13.2 Å². The Morgan fingerprint density at radius 2 is 2.44 bits per heavy atom. The molecular formula is C12H14N4O2. The first-order valence-corrected chi connectivity index (χ1v) is 5.96. The van der Waals surface area contributed by atoms with Crippen molar-refractivity contribution < 1.29 is 9.53 Å². The van der Waals surface area contributed by atoms with Gasteiger partial charge in [0, 0.05) is 18.2 Å². The first-order chi connectivity index (χ1) is 8.77. The molecule has 1 saturated heterocycles. The standard InChI is InChI=1S/C12H14N4O2/c13-11(17)10-4-8-5-14-7-15-12(8)16(10)9-2-1-3-18-6-9/h4-5,7,9H,1-3,6H2,(H2,13,17). The third-order valence-electron chi connectivity index (χ3n) is 3.25. The summed E-state index contributed by atoms with van der Waals surface area (Å²) in [6.07, 6.45) is 5.12. The van der Waals surface area contributed by atoms with Crippen LogP contribution < -0.4 is 5.73 Å². The molecule has 1 amide bonds. The van der Waals surface area contributed by atoms with Gasteiger partial charge in [0.2, 0.25) is 0 Å². The molecule has 18 heavy (non-hydrogen) atoms. The van der Waals surface area contributed by atoms with Crippen molar-refractivity contribution in [2.24, 2.45) is 5.73 Å². The summed E-state index contributed by atoms with van der Waals surface area (Å²) in [5, 5.41) is 0.830. The molecule has 1 fully saturated rings. The van der Waals surface area contributed by atoms with E-state index in [2.05, 4.69) is 9.97 Å². The van der Waals surface area contributed by atoms with Gasteiger partial charge >= 0.3 is 0 Å². The lowest BCUT2D eigenvalue weighted by Crippen LogP contribution is -2.26. The molecule has 0 radical (unpaired) electrons. The summed E-state index contributed by atoms with van der Waals surface area (Å²) in [6, 6.07) is 1.86. The zero-order chi connectivity index (χ0) is 12.5. The Kier molecular flexibility index (Phi) is 2.71. The summed E-state index contributed by atoms with van der Waals surface area (Å²) in [7, 11) is 0. The van der Waals surface area contributed by atoms with Crippen molar-refractivity contribution >= 4 is 16.9 Å². The van der Waals surface area contributed by atoms with Crippen molar-refractivity contribution in [3.05, 3.63) is 24.3 Å². The largest absolute Gasteiger partial charge is 0.379 e. The van der Waals surface area contributed by atoms with Crippen LogP contribution in [0.25, 0.3) is 11.0 Å². The van der Waals surface area contributed by atoms with Crippen molar-refractivity contribution in [3.8, 4) is 0 Å². The van der Waals surface area contributed by atoms with Gasteiger partial charge in [0.05, 0.1) is 12.6 Å². The third-order valence-corrected chi connectivity index (χ3v) is 3.25. The number of ether oxygens (including phenoxy) is 1. The number of rotatable bonds is 2. The molecular weight excluding hydrogens is 232 g/mol. The highest BCUT2D eigenvalue weighted by atomic mass is 16.5. The normalized spacial score (nSPS) is 20.1. The van der Waals surface area contributed by atoms with Gasteiger partial charge in [0.15, 0.2) is 0 Å². The maximum absolute atomic E-state index is 11.5. The van der Waals surface area contributed by atoms with Gasteiger partial charge in [-0.2, -0.15) is 0 Å². The molecule has 2 N–H and O–H groups in total. The van der Waals surface area contributed by atoms with Crippen LogP contribution in [0.5, 0.6) is 0 Å². The molecule has 1 aliphatic heterocycles. The summed E-state index contributed by atoms with van der Waals surface area (Å²) in [5.41, 5.74) is 6.65. The van der Waals surface area contributed by atoms with E-state index in [-0.39, 0.29) is 6.04 Å². The van der Waals surface area contributed by atoms with E-state index < -0.39 is 5.91 Å². The zero-order valence-corrected chi connectivity index (χ0v) is 9.87. The number of carbonyl (C=O) groups excluding carboxylic acids is 1. The second-order valence-corrected chi connectivity index (χ2v) is 4.44. The number of hydrogen-bond acceptors (Lipinski definition) is 4. The van der Waals surface area contributed by atoms with E-state index in [0.29, 0.717) is 12.3 Å². The molecule has 0 spiro atoms. The predicted octanol–water partition coefficient (Wildman–Crippen LogP) is 0.882. The summed E-state index contributed by atoms with van der Waals surface area (Å²) < 4.78 is 7.36. The lowest BCUT2D eigenvalue weighted by Gasteiger charge is -2.25. The molecule has 0 aliphatic carbocycles. The maximum atomic E-state index is 11.5. The topological polar surface area (TPSA) is 83.0 Å². The highest BCUT2D eigenvalue weighted by Crippen LogP contribution is 2.27. The fourth-order valence-corrected chi connectivity index (χ4v) is 2.45. The maximum Gasteiger partial charge on any atom is 0.265 e. The van der Waals surface area contributed by atoms with Crippen LogP contribution in [0.2, 0.25) is 0 Å². The van der Waals surface area contributed by atoms with Crippen molar-refractivity contribution in [1.29, 1.82) is 0 Å². The lowest BCUT2D eigenvalue weighted by molar-refractivity contribution is 0.0591. The Hall–Kier alpha value is -1.95. The van der Waals surface area contributed by atoms with Crippen LogP contribution in [0.3, 0.4) is 0 Å². The van der Waals surface area contributed by atoms with Gasteiger partial charge in [-0.3, -0.25) is 4.79 Å². The van der Waals surface area contributed by atoms with Crippen molar-refractivity contribution in [3.63, 3.8) is 0 Å². The Morgan fingerprint density at radius 3 is 3.17 bits per heavy atom. The van der Waals surface area contributed by atoms with E-state index in [1.54, 1.807) is 12.3 Å². The number of aromatic nitrogens is 3. The molecule has 1 atom stereocenters. The number of hydrogen-bond donors (Lipinski definition) is 1. The van der Waals surface area contributed by atoms with Crippen LogP contribution in [0.4, 0.5) is 0 Å². The SMILES string of the molecule is NC(=O)c1cc2cncnc2n1C1CCCOC1. The van der Waals surface area contributed by atoms with Gasteiger partial charge < -0.3 is 15.0 Å². The minimum atomic E-state index is -0.446. The van der Waals surface area contributed by atoms with E-state index in [4.69, 9.17) is 10.5 Å². The van der Waals surface area contributed by atoms with Crippen LogP contribution in [0.15, 0.2) is 18.6 Å². The molecule has 2 aromatic heterocycles. The molecule has 0 saturated carbocycles. The molecule has 0 bridgehead atoms. The quantitative estimate of drug-likeness (QED) is 0.852. The van der Waals surface area contributed by atoms with Gasteiger partial charge in [-0.15, -0.1) is 0 Å². The van der Waals surface area contributed by atoms with Crippen LogP contribution in [0, 0.1) is 0 Å². The van der Waals surface area contributed by atoms with Crippen LogP contribution in [-0.2, 0) is 4.74 Å². The molecule has 3 heterocycles.